The summed E-state index contributed by atoms with van der Waals surface area (Å²) in [6.07, 6.45) is -0.262. The molecular weight excluding hydrogens is 264 g/mol. The molecule has 4 rings (SSSR count). The van der Waals surface area contributed by atoms with E-state index in [0.717, 1.165) is 6.42 Å². The van der Waals surface area contributed by atoms with Crippen molar-refractivity contribution in [1.82, 2.24) is 0 Å². The highest BCUT2D eigenvalue weighted by atomic mass is 16.4. The fourth-order valence-corrected chi connectivity index (χ4v) is 5.66. The third-order valence-electron chi connectivity index (χ3n) is 6.11. The average molecular weight is 280 g/mol. The lowest BCUT2D eigenvalue weighted by Crippen LogP contribution is -2.47. The summed E-state index contributed by atoms with van der Waals surface area (Å²) in [5.41, 5.74) is 0.0892. The molecule has 8 atom stereocenters. The second-order valence-corrected chi connectivity index (χ2v) is 6.59. The smallest absolute Gasteiger partial charge is 0.332 e. The molecule has 0 spiro atoms. The van der Waals surface area contributed by atoms with Gasteiger partial charge in [0.1, 0.15) is 0 Å². The first kappa shape index (κ1) is 12.3. The molecule has 0 radical (unpaired) electrons. The van der Waals surface area contributed by atoms with Crippen LogP contribution >= 0.6 is 0 Å². The van der Waals surface area contributed by atoms with Gasteiger partial charge in [0.05, 0.1) is 23.4 Å². The Morgan fingerprint density at radius 2 is 1.40 bits per heavy atom. The van der Waals surface area contributed by atoms with Crippen molar-refractivity contribution in [3.63, 3.8) is 0 Å². The average Bonchev–Trinajstić information content (AvgIpc) is 2.87. The first-order valence-electron chi connectivity index (χ1n) is 7.00. The fraction of sp³-hybridized carbons (Fsp3) is 0.714. The SMILES string of the molecule is O=C(O)C1=C(C(=O)O)C2C3CC(C4CC(O)C(O)C43)C12. The topological polar surface area (TPSA) is 115 Å². The van der Waals surface area contributed by atoms with Crippen molar-refractivity contribution >= 4 is 11.9 Å². The molecule has 2 bridgehead atoms. The second-order valence-electron chi connectivity index (χ2n) is 6.59. The van der Waals surface area contributed by atoms with Gasteiger partial charge in [-0.2, -0.15) is 0 Å². The predicted molar refractivity (Wildman–Crippen MR) is 64.5 cm³/mol. The summed E-state index contributed by atoms with van der Waals surface area (Å²) < 4.78 is 0. The third kappa shape index (κ3) is 1.18. The number of aliphatic hydroxyl groups excluding tert-OH is 2. The molecule has 4 aliphatic carbocycles. The molecule has 6 heteroatoms. The number of rotatable bonds is 2. The molecule has 0 aliphatic heterocycles. The molecule has 4 aliphatic rings. The van der Waals surface area contributed by atoms with Gasteiger partial charge in [-0.1, -0.05) is 0 Å². The molecule has 0 aromatic rings. The van der Waals surface area contributed by atoms with Crippen LogP contribution in [0, 0.1) is 35.5 Å². The van der Waals surface area contributed by atoms with Gasteiger partial charge in [0.2, 0.25) is 0 Å². The van der Waals surface area contributed by atoms with E-state index in [9.17, 15) is 30.0 Å². The largest absolute Gasteiger partial charge is 0.478 e. The van der Waals surface area contributed by atoms with Gasteiger partial charge in [-0.05, 0) is 36.5 Å². The maximum absolute atomic E-state index is 11.3. The number of aliphatic hydroxyl groups is 2. The highest BCUT2D eigenvalue weighted by molar-refractivity contribution is 6.03. The minimum absolute atomic E-state index is 0.0105. The van der Waals surface area contributed by atoms with E-state index in [1.807, 2.05) is 0 Å². The standard InChI is InChI=1S/C14H16O6/c15-6-2-4-3-1-5(7(4)12(6)16)9-8(3)10(13(17)18)11(9)14(19)20/h3-9,12,15-16H,1-2H2,(H,17,18)(H,19,20). The van der Waals surface area contributed by atoms with Gasteiger partial charge in [-0.3, -0.25) is 0 Å². The Labute approximate surface area is 114 Å². The Kier molecular flexibility index (Phi) is 2.24. The summed E-state index contributed by atoms with van der Waals surface area (Å²) in [6, 6.07) is 0. The van der Waals surface area contributed by atoms with Gasteiger partial charge in [0.25, 0.3) is 0 Å². The molecule has 108 valence electrons. The molecule has 3 fully saturated rings. The summed E-state index contributed by atoms with van der Waals surface area (Å²) >= 11 is 0. The maximum atomic E-state index is 11.3. The first-order chi connectivity index (χ1) is 9.43. The van der Waals surface area contributed by atoms with E-state index in [0.29, 0.717) is 6.42 Å². The number of fused-ring (bicyclic) bond motifs is 8. The van der Waals surface area contributed by atoms with Crippen LogP contribution in [0.15, 0.2) is 11.1 Å². The van der Waals surface area contributed by atoms with Crippen LogP contribution in [-0.4, -0.2) is 44.6 Å². The van der Waals surface area contributed by atoms with Crippen LogP contribution in [0.25, 0.3) is 0 Å². The van der Waals surface area contributed by atoms with Gasteiger partial charge >= 0.3 is 11.9 Å². The maximum Gasteiger partial charge on any atom is 0.332 e. The monoisotopic (exact) mass is 280 g/mol. The third-order valence-corrected chi connectivity index (χ3v) is 6.11. The quantitative estimate of drug-likeness (QED) is 0.552. The Morgan fingerprint density at radius 3 is 1.95 bits per heavy atom. The van der Waals surface area contributed by atoms with Crippen LogP contribution in [0.4, 0.5) is 0 Å². The molecule has 20 heavy (non-hydrogen) atoms. The van der Waals surface area contributed by atoms with Gasteiger partial charge in [-0.25, -0.2) is 9.59 Å². The lowest BCUT2D eigenvalue weighted by molar-refractivity contribution is -0.140. The van der Waals surface area contributed by atoms with Crippen molar-refractivity contribution in [3.05, 3.63) is 11.1 Å². The zero-order valence-electron chi connectivity index (χ0n) is 10.6. The van der Waals surface area contributed by atoms with E-state index in [1.54, 1.807) is 0 Å². The van der Waals surface area contributed by atoms with Crippen molar-refractivity contribution in [1.29, 1.82) is 0 Å². The van der Waals surface area contributed by atoms with Crippen molar-refractivity contribution in [3.8, 4) is 0 Å². The normalized spacial score (nSPS) is 51.7. The number of aliphatic carboxylic acids is 2. The summed E-state index contributed by atoms with van der Waals surface area (Å²) in [4.78, 5) is 22.6. The lowest BCUT2D eigenvalue weighted by atomic mass is 9.56. The van der Waals surface area contributed by atoms with Crippen LogP contribution in [0.1, 0.15) is 12.8 Å². The molecular formula is C14H16O6. The van der Waals surface area contributed by atoms with Gasteiger partial charge in [0, 0.05) is 11.8 Å². The minimum atomic E-state index is -1.15. The van der Waals surface area contributed by atoms with Crippen LogP contribution in [0.5, 0.6) is 0 Å². The Morgan fingerprint density at radius 1 is 0.850 bits per heavy atom. The number of carboxylic acid groups (broad SMARTS) is 2. The molecule has 0 heterocycles. The van der Waals surface area contributed by atoms with Gasteiger partial charge in [-0.15, -0.1) is 0 Å². The van der Waals surface area contributed by atoms with E-state index >= 15 is 0 Å². The molecule has 6 nitrogen and oxygen atoms in total. The van der Waals surface area contributed by atoms with Crippen molar-refractivity contribution in [2.75, 3.05) is 0 Å². The lowest BCUT2D eigenvalue weighted by Gasteiger charge is -2.46. The number of hydrogen-bond donors (Lipinski definition) is 4. The number of carbonyl (C=O) groups is 2. The van der Waals surface area contributed by atoms with E-state index in [2.05, 4.69) is 0 Å². The molecule has 0 amide bonds. The summed E-state index contributed by atoms with van der Waals surface area (Å²) in [6.45, 7) is 0. The highest BCUT2D eigenvalue weighted by Crippen LogP contribution is 2.70. The van der Waals surface area contributed by atoms with Crippen LogP contribution < -0.4 is 0 Å². The fourth-order valence-electron chi connectivity index (χ4n) is 5.66. The number of hydrogen-bond acceptors (Lipinski definition) is 4. The Hall–Kier alpha value is -1.40. The van der Waals surface area contributed by atoms with E-state index < -0.39 is 24.1 Å². The molecule has 3 saturated carbocycles. The molecule has 8 unspecified atom stereocenters. The summed E-state index contributed by atoms with van der Waals surface area (Å²) in [5.74, 6) is -2.54. The zero-order chi connectivity index (χ0) is 14.3. The van der Waals surface area contributed by atoms with Gasteiger partial charge < -0.3 is 20.4 Å². The second kappa shape index (κ2) is 3.62. The van der Waals surface area contributed by atoms with Crippen LogP contribution in [0.2, 0.25) is 0 Å². The highest BCUT2D eigenvalue weighted by Gasteiger charge is 2.69. The van der Waals surface area contributed by atoms with E-state index in [1.165, 1.54) is 0 Å². The van der Waals surface area contributed by atoms with E-state index in [4.69, 9.17) is 0 Å². The molecule has 0 saturated heterocycles. The summed E-state index contributed by atoms with van der Waals surface area (Å²) in [7, 11) is 0. The van der Waals surface area contributed by atoms with Crippen molar-refractivity contribution in [2.45, 2.75) is 25.0 Å². The number of carboxylic acids is 2. The Bertz CT molecular complexity index is 552. The van der Waals surface area contributed by atoms with E-state index in [-0.39, 0.29) is 46.7 Å². The van der Waals surface area contributed by atoms with Crippen LogP contribution in [-0.2, 0) is 9.59 Å². The molecule has 0 aromatic carbocycles. The summed E-state index contributed by atoms with van der Waals surface area (Å²) in [5, 5.41) is 38.4. The molecule has 0 aromatic heterocycles. The first-order valence-corrected chi connectivity index (χ1v) is 7.00. The van der Waals surface area contributed by atoms with Crippen molar-refractivity contribution in [2.24, 2.45) is 35.5 Å². The van der Waals surface area contributed by atoms with Crippen LogP contribution in [0.3, 0.4) is 0 Å². The van der Waals surface area contributed by atoms with Gasteiger partial charge in [0.15, 0.2) is 0 Å². The minimum Gasteiger partial charge on any atom is -0.478 e. The zero-order valence-corrected chi connectivity index (χ0v) is 10.6. The Balaban J connectivity index is 1.76. The molecule has 4 N–H and O–H groups in total. The predicted octanol–water partition coefficient (Wildman–Crippen LogP) is -0.294. The van der Waals surface area contributed by atoms with Crippen molar-refractivity contribution < 1.29 is 30.0 Å².